The maximum absolute atomic E-state index is 11.9. The van der Waals surface area contributed by atoms with Crippen molar-refractivity contribution in [2.24, 2.45) is 5.92 Å². The minimum Gasteiger partial charge on any atom is -0.396 e. The monoisotopic (exact) mass is 242 g/mol. The van der Waals surface area contributed by atoms with Gasteiger partial charge in [-0.2, -0.15) is 0 Å². The van der Waals surface area contributed by atoms with Crippen LogP contribution in [0.1, 0.15) is 36.1 Å². The van der Waals surface area contributed by atoms with Gasteiger partial charge in [0.05, 0.1) is 11.2 Å². The van der Waals surface area contributed by atoms with Crippen molar-refractivity contribution in [1.29, 1.82) is 0 Å². The molecule has 4 nitrogen and oxygen atoms in total. The molecule has 0 aliphatic heterocycles. The van der Waals surface area contributed by atoms with Crippen LogP contribution in [0.5, 0.6) is 0 Å². The van der Waals surface area contributed by atoms with E-state index in [4.69, 9.17) is 5.11 Å². The Morgan fingerprint density at radius 3 is 2.88 bits per heavy atom. The lowest BCUT2D eigenvalue weighted by Gasteiger charge is -2.18. The first-order valence-electron chi connectivity index (χ1n) is 5.44. The van der Waals surface area contributed by atoms with Crippen molar-refractivity contribution in [3.63, 3.8) is 0 Å². The minimum absolute atomic E-state index is 0.0377. The van der Waals surface area contributed by atoms with Gasteiger partial charge in [0.25, 0.3) is 5.91 Å². The van der Waals surface area contributed by atoms with Crippen molar-refractivity contribution in [3.05, 3.63) is 16.1 Å². The van der Waals surface area contributed by atoms with Crippen molar-refractivity contribution < 1.29 is 9.90 Å². The summed E-state index contributed by atoms with van der Waals surface area (Å²) in [7, 11) is 0. The first kappa shape index (κ1) is 13.1. The molecule has 2 atom stereocenters. The summed E-state index contributed by atoms with van der Waals surface area (Å²) in [5.41, 5.74) is 2.53. The van der Waals surface area contributed by atoms with Crippen LogP contribution in [0, 0.1) is 5.92 Å². The van der Waals surface area contributed by atoms with Crippen molar-refractivity contribution in [3.8, 4) is 0 Å². The number of aliphatic hydroxyl groups excluding tert-OH is 1. The van der Waals surface area contributed by atoms with Gasteiger partial charge < -0.3 is 10.4 Å². The number of amides is 1. The third-order valence-electron chi connectivity index (χ3n) is 2.68. The molecule has 1 amide bonds. The quantitative estimate of drug-likeness (QED) is 0.821. The predicted molar refractivity (Wildman–Crippen MR) is 64.7 cm³/mol. The molecule has 1 rings (SSSR count). The summed E-state index contributed by atoms with van der Waals surface area (Å²) in [6, 6.07) is -0.0377. The van der Waals surface area contributed by atoms with Crippen LogP contribution >= 0.6 is 11.3 Å². The topological polar surface area (TPSA) is 62.2 Å². The van der Waals surface area contributed by atoms with Gasteiger partial charge in [-0.15, -0.1) is 11.3 Å². The fourth-order valence-electron chi connectivity index (χ4n) is 1.28. The first-order chi connectivity index (χ1) is 7.60. The highest BCUT2D eigenvalue weighted by Crippen LogP contribution is 2.14. The minimum atomic E-state index is -0.0906. The van der Waals surface area contributed by atoms with Crippen LogP contribution < -0.4 is 5.32 Å². The van der Waals surface area contributed by atoms with E-state index in [1.54, 1.807) is 5.51 Å². The van der Waals surface area contributed by atoms with Crippen LogP contribution in [0.15, 0.2) is 5.51 Å². The third kappa shape index (κ3) is 3.02. The Kier molecular flexibility index (Phi) is 4.89. The molecule has 0 saturated carbocycles. The van der Waals surface area contributed by atoms with E-state index in [-0.39, 0.29) is 24.5 Å². The zero-order valence-corrected chi connectivity index (χ0v) is 10.7. The number of aryl methyl sites for hydroxylation is 1. The Hall–Kier alpha value is -0.940. The van der Waals surface area contributed by atoms with Crippen LogP contribution in [0.3, 0.4) is 0 Å². The summed E-state index contributed by atoms with van der Waals surface area (Å²) in [6.07, 6.45) is 0.760. The molecule has 0 saturated heterocycles. The summed E-state index contributed by atoms with van der Waals surface area (Å²) < 4.78 is 0. The highest BCUT2D eigenvalue weighted by atomic mass is 32.1. The SMILES string of the molecule is CCc1ncsc1C(=O)NC(C)C(C)CO. The number of nitrogens with zero attached hydrogens (tertiary/aromatic N) is 1. The molecule has 0 aromatic carbocycles. The number of carbonyl (C=O) groups excluding carboxylic acids is 1. The highest BCUT2D eigenvalue weighted by Gasteiger charge is 2.18. The summed E-state index contributed by atoms with van der Waals surface area (Å²) in [6.45, 7) is 5.85. The van der Waals surface area contributed by atoms with Crippen molar-refractivity contribution in [2.45, 2.75) is 33.2 Å². The molecule has 5 heteroatoms. The zero-order valence-electron chi connectivity index (χ0n) is 9.86. The first-order valence-corrected chi connectivity index (χ1v) is 6.32. The molecular weight excluding hydrogens is 224 g/mol. The smallest absolute Gasteiger partial charge is 0.263 e. The van der Waals surface area contributed by atoms with E-state index < -0.39 is 0 Å². The van der Waals surface area contributed by atoms with E-state index in [0.29, 0.717) is 4.88 Å². The number of thiazole rings is 1. The molecule has 0 aliphatic carbocycles. The maximum Gasteiger partial charge on any atom is 0.263 e. The van der Waals surface area contributed by atoms with E-state index in [9.17, 15) is 4.79 Å². The fraction of sp³-hybridized carbons (Fsp3) is 0.636. The standard InChI is InChI=1S/C11H18N2O2S/c1-4-9-10(16-6-12-9)11(15)13-8(3)7(2)5-14/h6-8,14H,4-5H2,1-3H3,(H,13,15). The molecule has 0 spiro atoms. The van der Waals surface area contributed by atoms with Crippen LogP contribution in [0.2, 0.25) is 0 Å². The van der Waals surface area contributed by atoms with Crippen molar-refractivity contribution in [1.82, 2.24) is 10.3 Å². The molecule has 2 unspecified atom stereocenters. The van der Waals surface area contributed by atoms with Crippen molar-refractivity contribution in [2.75, 3.05) is 6.61 Å². The number of carbonyl (C=O) groups is 1. The van der Waals surface area contributed by atoms with Gasteiger partial charge in [-0.25, -0.2) is 4.98 Å². The van der Waals surface area contributed by atoms with E-state index in [1.807, 2.05) is 20.8 Å². The largest absolute Gasteiger partial charge is 0.396 e. The number of aliphatic hydroxyl groups is 1. The average Bonchev–Trinajstić information content (AvgIpc) is 2.75. The highest BCUT2D eigenvalue weighted by molar-refractivity contribution is 7.11. The third-order valence-corrected chi connectivity index (χ3v) is 3.55. The van der Waals surface area contributed by atoms with Gasteiger partial charge in [-0.05, 0) is 19.3 Å². The molecule has 1 heterocycles. The summed E-state index contributed by atoms with van der Waals surface area (Å²) in [4.78, 5) is 16.7. The second-order valence-electron chi connectivity index (χ2n) is 3.90. The lowest BCUT2D eigenvalue weighted by molar-refractivity contribution is 0.0919. The number of hydrogen-bond acceptors (Lipinski definition) is 4. The maximum atomic E-state index is 11.9. The van der Waals surface area contributed by atoms with Crippen LogP contribution in [0.4, 0.5) is 0 Å². The lowest BCUT2D eigenvalue weighted by Crippen LogP contribution is -2.38. The van der Waals surface area contributed by atoms with Crippen molar-refractivity contribution >= 4 is 17.2 Å². The molecule has 16 heavy (non-hydrogen) atoms. The lowest BCUT2D eigenvalue weighted by atomic mass is 10.1. The molecule has 0 bridgehead atoms. The molecule has 2 N–H and O–H groups in total. The number of hydrogen-bond donors (Lipinski definition) is 2. The Morgan fingerprint density at radius 2 is 2.31 bits per heavy atom. The van der Waals surface area contributed by atoms with Gasteiger partial charge in [0.1, 0.15) is 4.88 Å². The second kappa shape index (κ2) is 5.96. The summed E-state index contributed by atoms with van der Waals surface area (Å²) in [5.74, 6) is -0.0332. The second-order valence-corrected chi connectivity index (χ2v) is 4.76. The summed E-state index contributed by atoms with van der Waals surface area (Å²) >= 11 is 1.36. The van der Waals surface area contributed by atoms with Crippen LogP contribution in [0.25, 0.3) is 0 Å². The van der Waals surface area contributed by atoms with Crippen LogP contribution in [-0.4, -0.2) is 28.6 Å². The Morgan fingerprint density at radius 1 is 1.62 bits per heavy atom. The molecule has 90 valence electrons. The van der Waals surface area contributed by atoms with E-state index in [1.165, 1.54) is 11.3 Å². The predicted octanol–water partition coefficient (Wildman–Crippen LogP) is 1.45. The van der Waals surface area contributed by atoms with Gasteiger partial charge in [-0.1, -0.05) is 13.8 Å². The van der Waals surface area contributed by atoms with Gasteiger partial charge in [-0.3, -0.25) is 4.79 Å². The number of rotatable bonds is 5. The van der Waals surface area contributed by atoms with E-state index >= 15 is 0 Å². The van der Waals surface area contributed by atoms with E-state index in [0.717, 1.165) is 12.1 Å². The molecule has 0 fully saturated rings. The zero-order chi connectivity index (χ0) is 12.1. The normalized spacial score (nSPS) is 14.5. The fourth-order valence-corrected chi connectivity index (χ4v) is 2.06. The molecule has 0 radical (unpaired) electrons. The Labute approximate surface area is 99.7 Å². The van der Waals surface area contributed by atoms with Gasteiger partial charge in [0.2, 0.25) is 0 Å². The average molecular weight is 242 g/mol. The van der Waals surface area contributed by atoms with Crippen LogP contribution in [-0.2, 0) is 6.42 Å². The Balaban J connectivity index is 2.65. The molecule has 0 aliphatic rings. The molecular formula is C11H18N2O2S. The van der Waals surface area contributed by atoms with Gasteiger partial charge in [0.15, 0.2) is 0 Å². The van der Waals surface area contributed by atoms with E-state index in [2.05, 4.69) is 10.3 Å². The molecule has 1 aromatic heterocycles. The number of aromatic nitrogens is 1. The summed E-state index contributed by atoms with van der Waals surface area (Å²) in [5, 5.41) is 11.9. The van der Waals surface area contributed by atoms with Gasteiger partial charge >= 0.3 is 0 Å². The molecule has 1 aromatic rings. The Bertz CT molecular complexity index is 352. The number of nitrogens with one attached hydrogen (secondary N) is 1. The van der Waals surface area contributed by atoms with Gasteiger partial charge in [0, 0.05) is 12.6 Å².